The molecule has 2 aliphatic heterocycles. The van der Waals surface area contributed by atoms with Gasteiger partial charge in [-0.2, -0.15) is 4.98 Å². The minimum Gasteiger partial charge on any atom is -0.496 e. The highest BCUT2D eigenvalue weighted by molar-refractivity contribution is 6.41. The normalized spacial score (nSPS) is 16.1. The number of aryl methyl sites for hydroxylation is 2. The quantitative estimate of drug-likeness (QED) is 0.272. The number of nitrogen functional groups attached to an aromatic ring is 1. The maximum atomic E-state index is 13.9. The summed E-state index contributed by atoms with van der Waals surface area (Å²) in [4.78, 5) is 47.2. The maximum absolute atomic E-state index is 13.9. The number of aromatic nitrogens is 4. The zero-order valence-corrected chi connectivity index (χ0v) is 24.8. The number of nitrogens with zero attached hydrogens (tertiary/aromatic N) is 5. The van der Waals surface area contributed by atoms with Gasteiger partial charge in [-0.05, 0) is 65.3 Å². The second-order valence-electron chi connectivity index (χ2n) is 10.5. The fourth-order valence-corrected chi connectivity index (χ4v) is 5.97. The van der Waals surface area contributed by atoms with E-state index in [2.05, 4.69) is 30.2 Å². The number of hydrogen-bond donors (Lipinski definition) is 3. The molecule has 11 nitrogen and oxygen atoms in total. The first-order chi connectivity index (χ1) is 19.6. The SMILES string of the molecule is COc1c(C)cnc(CN2C(=O)/C(=C/c3[nH]c(C)c(C(=O)NCCN4CCCC4)c3C)c3c(Cl)nc(N)nc32)c1C. The molecule has 5 rings (SSSR count). The van der Waals surface area contributed by atoms with Crippen molar-refractivity contribution >= 4 is 46.8 Å². The summed E-state index contributed by atoms with van der Waals surface area (Å²) in [5.74, 6) is 0.496. The molecule has 0 aromatic carbocycles. The summed E-state index contributed by atoms with van der Waals surface area (Å²) >= 11 is 6.54. The van der Waals surface area contributed by atoms with Crippen LogP contribution in [0.1, 0.15) is 62.5 Å². The summed E-state index contributed by atoms with van der Waals surface area (Å²) in [5.41, 5.74) is 11.6. The van der Waals surface area contributed by atoms with E-state index >= 15 is 0 Å². The summed E-state index contributed by atoms with van der Waals surface area (Å²) in [7, 11) is 1.60. The van der Waals surface area contributed by atoms with Crippen molar-refractivity contribution in [2.24, 2.45) is 0 Å². The predicted molar refractivity (Wildman–Crippen MR) is 159 cm³/mol. The van der Waals surface area contributed by atoms with Gasteiger partial charge >= 0.3 is 0 Å². The van der Waals surface area contributed by atoms with Gasteiger partial charge in [-0.15, -0.1) is 0 Å². The zero-order chi connectivity index (χ0) is 29.4. The van der Waals surface area contributed by atoms with Crippen molar-refractivity contribution in [2.75, 3.05) is 43.9 Å². The minimum atomic E-state index is -0.328. The maximum Gasteiger partial charge on any atom is 0.260 e. The lowest BCUT2D eigenvalue weighted by atomic mass is 10.1. The highest BCUT2D eigenvalue weighted by atomic mass is 35.5. The third-order valence-electron chi connectivity index (χ3n) is 7.83. The van der Waals surface area contributed by atoms with Crippen LogP contribution in [-0.4, -0.2) is 69.9 Å². The number of methoxy groups -OCH3 is 1. The van der Waals surface area contributed by atoms with Crippen LogP contribution in [0.3, 0.4) is 0 Å². The van der Waals surface area contributed by atoms with Crippen molar-refractivity contribution < 1.29 is 14.3 Å². The van der Waals surface area contributed by atoms with Crippen molar-refractivity contribution in [3.8, 4) is 5.75 Å². The van der Waals surface area contributed by atoms with Gasteiger partial charge in [0, 0.05) is 41.8 Å². The largest absolute Gasteiger partial charge is 0.496 e. The number of hydrogen-bond acceptors (Lipinski definition) is 8. The van der Waals surface area contributed by atoms with Crippen molar-refractivity contribution in [3.63, 3.8) is 0 Å². The minimum absolute atomic E-state index is 0.0428. The average Bonchev–Trinajstić information content (AvgIpc) is 3.60. The number of likely N-dealkylation sites (tertiary alicyclic amines) is 1. The molecule has 0 radical (unpaired) electrons. The van der Waals surface area contributed by atoms with Crippen LogP contribution in [0.4, 0.5) is 11.8 Å². The Morgan fingerprint density at radius 1 is 1.20 bits per heavy atom. The molecule has 0 saturated carbocycles. The molecular weight excluding hydrogens is 544 g/mol. The Balaban J connectivity index is 1.47. The predicted octanol–water partition coefficient (Wildman–Crippen LogP) is 3.59. The number of nitrogens with two attached hydrogens (primary N) is 1. The van der Waals surface area contributed by atoms with Gasteiger partial charge in [-0.25, -0.2) is 4.98 Å². The molecule has 2 amide bonds. The van der Waals surface area contributed by atoms with Crippen LogP contribution in [-0.2, 0) is 11.3 Å². The zero-order valence-electron chi connectivity index (χ0n) is 24.0. The van der Waals surface area contributed by atoms with Crippen LogP contribution in [0.5, 0.6) is 5.75 Å². The number of H-pyrrole nitrogens is 1. The Kier molecular flexibility index (Phi) is 8.01. The number of ether oxygens (including phenoxy) is 1. The molecule has 4 N–H and O–H groups in total. The first kappa shape index (κ1) is 28.6. The summed E-state index contributed by atoms with van der Waals surface area (Å²) in [5, 5.41) is 3.11. The van der Waals surface area contributed by atoms with Crippen molar-refractivity contribution in [3.05, 3.63) is 56.2 Å². The number of aromatic amines is 1. The van der Waals surface area contributed by atoms with E-state index in [0.717, 1.165) is 36.3 Å². The first-order valence-electron chi connectivity index (χ1n) is 13.7. The van der Waals surface area contributed by atoms with E-state index in [9.17, 15) is 9.59 Å². The Labute approximate surface area is 244 Å². The topological polar surface area (TPSA) is 142 Å². The molecule has 3 aromatic rings. The monoisotopic (exact) mass is 578 g/mol. The lowest BCUT2D eigenvalue weighted by Gasteiger charge is -2.19. The van der Waals surface area contributed by atoms with Gasteiger partial charge in [0.05, 0.1) is 36.0 Å². The van der Waals surface area contributed by atoms with Gasteiger partial charge in [-0.1, -0.05) is 11.6 Å². The number of anilines is 2. The standard InChI is InChI=1S/C29H35ClN8O3/c1-15-13-33-21(17(3)24(15)41-5)14-38-26-23(25(30)35-29(31)36-26)19(28(38)40)12-20-16(2)22(18(4)34-20)27(39)32-8-11-37-9-6-7-10-37/h12-13,34H,6-11,14H2,1-5H3,(H,32,39)(H2,31,35,36)/b19-12+. The van der Waals surface area contributed by atoms with Crippen molar-refractivity contribution in [1.82, 2.24) is 30.2 Å². The highest BCUT2D eigenvalue weighted by Crippen LogP contribution is 2.42. The van der Waals surface area contributed by atoms with Gasteiger partial charge in [0.25, 0.3) is 11.8 Å². The van der Waals surface area contributed by atoms with E-state index in [1.807, 2.05) is 27.7 Å². The summed E-state index contributed by atoms with van der Waals surface area (Å²) in [6, 6.07) is 0. The molecule has 0 aliphatic carbocycles. The van der Waals surface area contributed by atoms with Gasteiger partial charge in [0.15, 0.2) is 5.82 Å². The number of carbonyl (C=O) groups excluding carboxylic acids is 2. The Morgan fingerprint density at radius 2 is 1.93 bits per heavy atom. The number of nitrogens with one attached hydrogen (secondary N) is 2. The Morgan fingerprint density at radius 3 is 2.63 bits per heavy atom. The molecule has 1 fully saturated rings. The third-order valence-corrected chi connectivity index (χ3v) is 8.10. The third kappa shape index (κ3) is 5.39. The first-order valence-corrected chi connectivity index (χ1v) is 14.0. The van der Waals surface area contributed by atoms with E-state index in [4.69, 9.17) is 22.1 Å². The molecule has 5 heterocycles. The summed E-state index contributed by atoms with van der Waals surface area (Å²) < 4.78 is 5.55. The number of pyridine rings is 1. The van der Waals surface area contributed by atoms with Crippen LogP contribution >= 0.6 is 11.6 Å². The van der Waals surface area contributed by atoms with E-state index in [1.165, 1.54) is 17.7 Å². The molecular formula is C29H35ClN8O3. The molecule has 41 heavy (non-hydrogen) atoms. The molecule has 0 atom stereocenters. The number of fused-ring (bicyclic) bond motifs is 1. The highest BCUT2D eigenvalue weighted by Gasteiger charge is 2.38. The molecule has 0 unspecified atom stereocenters. The van der Waals surface area contributed by atoms with E-state index in [-0.39, 0.29) is 29.5 Å². The average molecular weight is 579 g/mol. The second-order valence-corrected chi connectivity index (χ2v) is 10.9. The lowest BCUT2D eigenvalue weighted by molar-refractivity contribution is -0.113. The van der Waals surface area contributed by atoms with Crippen LogP contribution < -0.4 is 20.7 Å². The van der Waals surface area contributed by atoms with E-state index in [0.29, 0.717) is 51.9 Å². The van der Waals surface area contributed by atoms with Gasteiger partial charge in [-0.3, -0.25) is 19.5 Å². The Bertz CT molecular complexity index is 1560. The summed E-state index contributed by atoms with van der Waals surface area (Å²) in [6.07, 6.45) is 5.83. The molecule has 0 bridgehead atoms. The molecule has 12 heteroatoms. The number of amides is 2. The molecule has 3 aromatic heterocycles. The van der Waals surface area contributed by atoms with E-state index < -0.39 is 0 Å². The van der Waals surface area contributed by atoms with Crippen LogP contribution in [0.25, 0.3) is 11.6 Å². The number of halogens is 1. The number of carbonyl (C=O) groups is 2. The van der Waals surface area contributed by atoms with Gasteiger partial charge in [0.1, 0.15) is 10.9 Å². The smallest absolute Gasteiger partial charge is 0.260 e. The van der Waals surface area contributed by atoms with Crippen LogP contribution in [0.2, 0.25) is 5.15 Å². The fraction of sp³-hybridized carbons (Fsp3) is 0.414. The van der Waals surface area contributed by atoms with Crippen LogP contribution in [0, 0.1) is 27.7 Å². The molecule has 1 saturated heterocycles. The van der Waals surface area contributed by atoms with Crippen LogP contribution in [0.15, 0.2) is 6.20 Å². The van der Waals surface area contributed by atoms with E-state index in [1.54, 1.807) is 19.4 Å². The lowest BCUT2D eigenvalue weighted by Crippen LogP contribution is -2.33. The Hall–Kier alpha value is -3.96. The fourth-order valence-electron chi connectivity index (χ4n) is 5.70. The molecule has 2 aliphatic rings. The van der Waals surface area contributed by atoms with Gasteiger partial charge in [0.2, 0.25) is 5.95 Å². The number of rotatable bonds is 8. The summed E-state index contributed by atoms with van der Waals surface area (Å²) in [6.45, 7) is 11.2. The molecule has 0 spiro atoms. The second kappa shape index (κ2) is 11.5. The van der Waals surface area contributed by atoms with Crippen molar-refractivity contribution in [2.45, 2.75) is 47.1 Å². The van der Waals surface area contributed by atoms with Gasteiger partial charge < -0.3 is 25.7 Å². The molecule has 216 valence electrons. The van der Waals surface area contributed by atoms with Crippen molar-refractivity contribution in [1.29, 1.82) is 0 Å².